The molecule has 0 aliphatic carbocycles. The van der Waals surface area contributed by atoms with Crippen molar-refractivity contribution in [3.05, 3.63) is 58.1 Å². The van der Waals surface area contributed by atoms with Gasteiger partial charge in [-0.3, -0.25) is 4.72 Å². The van der Waals surface area contributed by atoms with Crippen molar-refractivity contribution in [3.8, 4) is 0 Å². The SMILES string of the molecule is NCc1ccccc1S(=O)(=O)Nc1c(F)cc(Br)cc1F. The first kappa shape index (κ1) is 15.9. The van der Waals surface area contributed by atoms with Gasteiger partial charge in [0.15, 0.2) is 11.6 Å². The third kappa shape index (κ3) is 3.39. The van der Waals surface area contributed by atoms with Gasteiger partial charge in [0, 0.05) is 11.0 Å². The average Bonchev–Trinajstić information content (AvgIpc) is 2.43. The second-order valence-electron chi connectivity index (χ2n) is 4.16. The molecule has 0 radical (unpaired) electrons. The normalized spacial score (nSPS) is 11.4. The Bertz CT molecular complexity index is 758. The molecule has 4 nitrogen and oxygen atoms in total. The zero-order valence-corrected chi connectivity index (χ0v) is 13.0. The predicted octanol–water partition coefficient (Wildman–Crippen LogP) is 2.99. The maximum atomic E-state index is 13.7. The van der Waals surface area contributed by atoms with Crippen LogP contribution in [-0.4, -0.2) is 8.42 Å². The molecule has 0 aromatic heterocycles. The molecule has 0 amide bonds. The Labute approximate surface area is 129 Å². The van der Waals surface area contributed by atoms with Gasteiger partial charge in [-0.05, 0) is 23.8 Å². The van der Waals surface area contributed by atoms with Crippen LogP contribution in [-0.2, 0) is 16.6 Å². The standard InChI is InChI=1S/C13H11BrF2N2O2S/c14-9-5-10(15)13(11(16)6-9)18-21(19,20)12-4-2-1-3-8(12)7-17/h1-6,18H,7,17H2. The summed E-state index contributed by atoms with van der Waals surface area (Å²) in [5, 5.41) is 0. The quantitative estimate of drug-likeness (QED) is 0.861. The molecule has 0 spiro atoms. The molecule has 0 unspecified atom stereocenters. The Morgan fingerprint density at radius 1 is 1.14 bits per heavy atom. The Morgan fingerprint density at radius 2 is 1.71 bits per heavy atom. The zero-order chi connectivity index (χ0) is 15.6. The van der Waals surface area contributed by atoms with Crippen LogP contribution in [0.5, 0.6) is 0 Å². The van der Waals surface area contributed by atoms with Crippen LogP contribution in [0.2, 0.25) is 0 Å². The van der Waals surface area contributed by atoms with E-state index in [-0.39, 0.29) is 15.9 Å². The Hall–Kier alpha value is -1.51. The van der Waals surface area contributed by atoms with E-state index in [2.05, 4.69) is 15.9 Å². The maximum Gasteiger partial charge on any atom is 0.262 e. The minimum Gasteiger partial charge on any atom is -0.326 e. The molecule has 0 aliphatic heterocycles. The van der Waals surface area contributed by atoms with Crippen molar-refractivity contribution >= 4 is 31.6 Å². The van der Waals surface area contributed by atoms with Gasteiger partial charge in [0.25, 0.3) is 10.0 Å². The lowest BCUT2D eigenvalue weighted by Crippen LogP contribution is -2.18. The van der Waals surface area contributed by atoms with E-state index in [1.54, 1.807) is 6.07 Å². The van der Waals surface area contributed by atoms with E-state index in [4.69, 9.17) is 5.73 Å². The van der Waals surface area contributed by atoms with E-state index in [0.29, 0.717) is 5.56 Å². The van der Waals surface area contributed by atoms with Crippen molar-refractivity contribution in [2.75, 3.05) is 4.72 Å². The fourth-order valence-electron chi connectivity index (χ4n) is 1.76. The fraction of sp³-hybridized carbons (Fsp3) is 0.0769. The van der Waals surface area contributed by atoms with Crippen LogP contribution in [0.25, 0.3) is 0 Å². The van der Waals surface area contributed by atoms with E-state index >= 15 is 0 Å². The van der Waals surface area contributed by atoms with Gasteiger partial charge in [-0.2, -0.15) is 0 Å². The molecule has 8 heteroatoms. The number of benzene rings is 2. The number of sulfonamides is 1. The van der Waals surface area contributed by atoms with E-state index in [1.165, 1.54) is 18.2 Å². The number of nitrogens with one attached hydrogen (secondary N) is 1. The van der Waals surface area contributed by atoms with Crippen LogP contribution in [0.3, 0.4) is 0 Å². The highest BCUT2D eigenvalue weighted by Crippen LogP contribution is 2.27. The van der Waals surface area contributed by atoms with Gasteiger partial charge >= 0.3 is 0 Å². The first-order chi connectivity index (χ1) is 9.85. The molecule has 0 saturated heterocycles. The predicted molar refractivity (Wildman–Crippen MR) is 79.2 cm³/mol. The summed E-state index contributed by atoms with van der Waals surface area (Å²) < 4.78 is 54.0. The van der Waals surface area contributed by atoms with Crippen LogP contribution in [0, 0.1) is 11.6 Å². The maximum absolute atomic E-state index is 13.7. The summed E-state index contributed by atoms with van der Waals surface area (Å²) in [6.45, 7) is -0.0115. The molecule has 112 valence electrons. The van der Waals surface area contributed by atoms with Gasteiger partial charge in [0.05, 0.1) is 4.90 Å². The molecule has 3 N–H and O–H groups in total. The lowest BCUT2D eigenvalue weighted by atomic mass is 10.2. The van der Waals surface area contributed by atoms with Crippen LogP contribution in [0.1, 0.15) is 5.56 Å². The van der Waals surface area contributed by atoms with Crippen molar-refractivity contribution in [1.82, 2.24) is 0 Å². The third-order valence-electron chi connectivity index (χ3n) is 2.73. The molecule has 2 rings (SSSR count). The van der Waals surface area contributed by atoms with Crippen LogP contribution < -0.4 is 10.5 Å². The Balaban J connectivity index is 2.48. The van der Waals surface area contributed by atoms with Crippen molar-refractivity contribution in [1.29, 1.82) is 0 Å². The van der Waals surface area contributed by atoms with Crippen LogP contribution >= 0.6 is 15.9 Å². The lowest BCUT2D eigenvalue weighted by Gasteiger charge is -2.12. The number of hydrogen-bond donors (Lipinski definition) is 2. The summed E-state index contributed by atoms with van der Waals surface area (Å²) in [5.74, 6) is -2.04. The molecule has 0 bridgehead atoms. The van der Waals surface area contributed by atoms with Gasteiger partial charge < -0.3 is 5.73 Å². The van der Waals surface area contributed by atoms with Crippen LogP contribution in [0.15, 0.2) is 45.8 Å². The number of nitrogens with two attached hydrogens (primary N) is 1. The summed E-state index contributed by atoms with van der Waals surface area (Å²) in [4.78, 5) is -0.116. The molecule has 0 aliphatic rings. The summed E-state index contributed by atoms with van der Waals surface area (Å²) in [5.41, 5.74) is 5.09. The first-order valence-electron chi connectivity index (χ1n) is 5.80. The highest BCUT2D eigenvalue weighted by atomic mass is 79.9. The number of anilines is 1. The van der Waals surface area contributed by atoms with E-state index in [1.807, 2.05) is 4.72 Å². The monoisotopic (exact) mass is 376 g/mol. The molecule has 0 saturated carbocycles. The topological polar surface area (TPSA) is 72.2 Å². The minimum absolute atomic E-state index is 0.0115. The van der Waals surface area contributed by atoms with Crippen molar-refractivity contribution in [2.45, 2.75) is 11.4 Å². The highest BCUT2D eigenvalue weighted by molar-refractivity contribution is 9.10. The molecule has 21 heavy (non-hydrogen) atoms. The van der Waals surface area contributed by atoms with Crippen molar-refractivity contribution in [3.63, 3.8) is 0 Å². The second kappa shape index (κ2) is 6.08. The minimum atomic E-state index is -4.14. The molecule has 0 atom stereocenters. The largest absolute Gasteiger partial charge is 0.326 e. The number of hydrogen-bond acceptors (Lipinski definition) is 3. The van der Waals surface area contributed by atoms with E-state index < -0.39 is 27.3 Å². The average molecular weight is 377 g/mol. The molecule has 2 aromatic rings. The zero-order valence-electron chi connectivity index (χ0n) is 10.6. The van der Waals surface area contributed by atoms with Crippen molar-refractivity contribution in [2.24, 2.45) is 5.73 Å². The van der Waals surface area contributed by atoms with E-state index in [0.717, 1.165) is 12.1 Å². The Kier molecular flexibility index (Phi) is 4.60. The summed E-state index contributed by atoms with van der Waals surface area (Å²) in [7, 11) is -4.14. The van der Waals surface area contributed by atoms with Gasteiger partial charge in [-0.15, -0.1) is 0 Å². The second-order valence-corrected chi connectivity index (χ2v) is 6.73. The van der Waals surface area contributed by atoms with Gasteiger partial charge in [-0.1, -0.05) is 34.1 Å². The third-order valence-corrected chi connectivity index (χ3v) is 4.63. The van der Waals surface area contributed by atoms with E-state index in [9.17, 15) is 17.2 Å². The fourth-order valence-corrected chi connectivity index (χ4v) is 3.49. The molecule has 0 fully saturated rings. The smallest absolute Gasteiger partial charge is 0.262 e. The summed E-state index contributed by atoms with van der Waals surface area (Å²) >= 11 is 2.92. The first-order valence-corrected chi connectivity index (χ1v) is 8.08. The molecule has 0 heterocycles. The lowest BCUT2D eigenvalue weighted by molar-refractivity contribution is 0.581. The molecular formula is C13H11BrF2N2O2S. The highest BCUT2D eigenvalue weighted by Gasteiger charge is 2.21. The van der Waals surface area contributed by atoms with Gasteiger partial charge in [0.1, 0.15) is 5.69 Å². The molecular weight excluding hydrogens is 366 g/mol. The van der Waals surface area contributed by atoms with Crippen molar-refractivity contribution < 1.29 is 17.2 Å². The van der Waals surface area contributed by atoms with Gasteiger partial charge in [0.2, 0.25) is 0 Å². The molecule has 2 aromatic carbocycles. The number of rotatable bonds is 4. The Morgan fingerprint density at radius 3 is 2.29 bits per heavy atom. The summed E-state index contributed by atoms with van der Waals surface area (Å²) in [6.07, 6.45) is 0. The van der Waals surface area contributed by atoms with Gasteiger partial charge in [-0.25, -0.2) is 17.2 Å². The number of halogens is 3. The summed E-state index contributed by atoms with van der Waals surface area (Å²) in [6, 6.07) is 7.91. The van der Waals surface area contributed by atoms with Crippen LogP contribution in [0.4, 0.5) is 14.5 Å².